The first kappa shape index (κ1) is 19.1. The topological polar surface area (TPSA) is 112 Å². The van der Waals surface area contributed by atoms with Crippen molar-refractivity contribution >= 4 is 33.4 Å². The normalized spacial score (nSPS) is 12.0. The molecule has 0 saturated heterocycles. The molecule has 0 aliphatic carbocycles. The van der Waals surface area contributed by atoms with Gasteiger partial charge in [-0.1, -0.05) is 24.8 Å². The van der Waals surface area contributed by atoms with Crippen LogP contribution in [0.25, 0.3) is 32.9 Å². The molecule has 1 amide bonds. The number of aromatic nitrogens is 3. The fourth-order valence-corrected chi connectivity index (χ4v) is 3.27. The summed E-state index contributed by atoms with van der Waals surface area (Å²) in [6.45, 7) is 3.79. The highest BCUT2D eigenvalue weighted by Crippen LogP contribution is 2.33. The number of benzene rings is 2. The Hall–Kier alpha value is -4.26. The SMILES string of the molecule is C=C(/C=C\C=C(/N)C(=O)Nc1cc(-c2cccc3[nH]ccc23)cc2[nH]ncc12)NC. The first-order valence-corrected chi connectivity index (χ1v) is 9.42. The maximum Gasteiger partial charge on any atom is 0.271 e. The number of nitrogens with two attached hydrogens (primary N) is 1. The summed E-state index contributed by atoms with van der Waals surface area (Å²) in [6.07, 6.45) is 8.53. The van der Waals surface area contributed by atoms with E-state index in [0.717, 1.165) is 32.9 Å². The number of anilines is 1. The molecule has 0 unspecified atom stereocenters. The summed E-state index contributed by atoms with van der Waals surface area (Å²) in [5.41, 5.74) is 11.3. The molecule has 7 heteroatoms. The van der Waals surface area contributed by atoms with E-state index in [-0.39, 0.29) is 5.70 Å². The van der Waals surface area contributed by atoms with E-state index in [0.29, 0.717) is 11.4 Å². The monoisotopic (exact) mass is 398 g/mol. The van der Waals surface area contributed by atoms with Crippen molar-refractivity contribution in [2.24, 2.45) is 5.73 Å². The largest absolute Gasteiger partial charge is 0.394 e. The Morgan fingerprint density at radius 1 is 1.20 bits per heavy atom. The smallest absolute Gasteiger partial charge is 0.271 e. The van der Waals surface area contributed by atoms with E-state index in [1.54, 1.807) is 25.4 Å². The number of nitrogens with one attached hydrogen (secondary N) is 4. The molecule has 4 aromatic rings. The molecule has 0 atom stereocenters. The fourth-order valence-electron chi connectivity index (χ4n) is 3.27. The number of rotatable bonds is 6. The van der Waals surface area contributed by atoms with Crippen LogP contribution >= 0.6 is 0 Å². The summed E-state index contributed by atoms with van der Waals surface area (Å²) >= 11 is 0. The van der Waals surface area contributed by atoms with E-state index in [1.165, 1.54) is 6.08 Å². The highest BCUT2D eigenvalue weighted by atomic mass is 16.2. The zero-order valence-electron chi connectivity index (χ0n) is 16.5. The third-order valence-corrected chi connectivity index (χ3v) is 4.87. The average molecular weight is 398 g/mol. The van der Waals surface area contributed by atoms with E-state index >= 15 is 0 Å². The summed E-state index contributed by atoms with van der Waals surface area (Å²) < 4.78 is 0. The summed E-state index contributed by atoms with van der Waals surface area (Å²) in [5, 5.41) is 14.8. The van der Waals surface area contributed by atoms with Gasteiger partial charge >= 0.3 is 0 Å². The quantitative estimate of drug-likeness (QED) is 0.251. The van der Waals surface area contributed by atoms with Crippen LogP contribution in [0, 0.1) is 0 Å². The zero-order chi connectivity index (χ0) is 21.1. The van der Waals surface area contributed by atoms with Gasteiger partial charge in [0.1, 0.15) is 0 Å². The number of carbonyl (C=O) groups is 1. The van der Waals surface area contributed by atoms with Crippen LogP contribution in [0.4, 0.5) is 5.69 Å². The van der Waals surface area contributed by atoms with Crippen molar-refractivity contribution < 1.29 is 4.79 Å². The number of nitrogens with zero attached hydrogens (tertiary/aromatic N) is 1. The molecule has 2 aromatic carbocycles. The maximum absolute atomic E-state index is 12.6. The van der Waals surface area contributed by atoms with Crippen molar-refractivity contribution in [3.05, 3.63) is 85.0 Å². The van der Waals surface area contributed by atoms with Gasteiger partial charge in [-0.3, -0.25) is 9.89 Å². The molecule has 0 radical (unpaired) electrons. The number of hydrogen-bond acceptors (Lipinski definition) is 4. The minimum absolute atomic E-state index is 0.0879. The molecule has 7 nitrogen and oxygen atoms in total. The number of likely N-dealkylation sites (N-methyl/N-ethyl adjacent to an activating group) is 1. The molecule has 0 saturated carbocycles. The molecule has 2 aromatic heterocycles. The van der Waals surface area contributed by atoms with Gasteiger partial charge in [0, 0.05) is 35.2 Å². The highest BCUT2D eigenvalue weighted by Gasteiger charge is 2.13. The van der Waals surface area contributed by atoms with Gasteiger partial charge in [0.2, 0.25) is 0 Å². The predicted molar refractivity (Wildman–Crippen MR) is 122 cm³/mol. The minimum Gasteiger partial charge on any atom is -0.394 e. The minimum atomic E-state index is -0.394. The van der Waals surface area contributed by atoms with Crippen molar-refractivity contribution in [3.63, 3.8) is 0 Å². The lowest BCUT2D eigenvalue weighted by molar-refractivity contribution is -0.112. The summed E-state index contributed by atoms with van der Waals surface area (Å²) in [7, 11) is 1.77. The molecule has 0 aliphatic heterocycles. The van der Waals surface area contributed by atoms with Crippen molar-refractivity contribution in [2.45, 2.75) is 0 Å². The lowest BCUT2D eigenvalue weighted by atomic mass is 9.99. The van der Waals surface area contributed by atoms with Gasteiger partial charge in [-0.25, -0.2) is 0 Å². The third kappa shape index (κ3) is 3.68. The van der Waals surface area contributed by atoms with Crippen molar-refractivity contribution in [1.29, 1.82) is 0 Å². The number of fused-ring (bicyclic) bond motifs is 2. The lowest BCUT2D eigenvalue weighted by Crippen LogP contribution is -2.20. The second kappa shape index (κ2) is 8.00. The molecule has 2 heterocycles. The van der Waals surface area contributed by atoms with Crippen LogP contribution in [-0.2, 0) is 4.79 Å². The number of hydrogen-bond donors (Lipinski definition) is 5. The zero-order valence-corrected chi connectivity index (χ0v) is 16.5. The fraction of sp³-hybridized carbons (Fsp3) is 0.0435. The van der Waals surface area contributed by atoms with Crippen LogP contribution < -0.4 is 16.4 Å². The second-order valence-electron chi connectivity index (χ2n) is 6.81. The van der Waals surface area contributed by atoms with Gasteiger partial charge < -0.3 is 21.4 Å². The van der Waals surface area contributed by atoms with Crippen LogP contribution in [0.5, 0.6) is 0 Å². The number of H-pyrrole nitrogens is 2. The molecule has 0 aliphatic rings. The molecule has 0 fully saturated rings. The standard InChI is InChI=1S/C23H22N6O/c1-14(25-2)5-3-7-19(24)23(30)28-21-11-15(12-22-18(21)13-27-29-22)16-6-4-8-20-17(16)9-10-26-20/h3-13,25-26H,1,24H2,2H3,(H,27,29)(H,28,30)/b5-3-,19-7-. The van der Waals surface area contributed by atoms with E-state index < -0.39 is 5.91 Å². The van der Waals surface area contributed by atoms with Gasteiger partial charge in [-0.2, -0.15) is 5.10 Å². The van der Waals surface area contributed by atoms with E-state index in [9.17, 15) is 4.79 Å². The average Bonchev–Trinajstić information content (AvgIpc) is 3.42. The number of carbonyl (C=O) groups excluding carboxylic acids is 1. The number of amides is 1. The molecular formula is C23H22N6O. The third-order valence-electron chi connectivity index (χ3n) is 4.87. The lowest BCUT2D eigenvalue weighted by Gasteiger charge is -2.10. The summed E-state index contributed by atoms with van der Waals surface area (Å²) in [6, 6.07) is 12.1. The Labute approximate surface area is 173 Å². The number of aromatic amines is 2. The van der Waals surface area contributed by atoms with Gasteiger partial charge in [0.15, 0.2) is 0 Å². The molecule has 6 N–H and O–H groups in total. The predicted octanol–water partition coefficient (Wildman–Crippen LogP) is 3.78. The van der Waals surface area contributed by atoms with Crippen molar-refractivity contribution in [1.82, 2.24) is 20.5 Å². The van der Waals surface area contributed by atoms with Gasteiger partial charge in [-0.05, 0) is 47.5 Å². The molecule has 0 bridgehead atoms. The molecule has 150 valence electrons. The van der Waals surface area contributed by atoms with Gasteiger partial charge in [0.25, 0.3) is 5.91 Å². The Balaban J connectivity index is 1.69. The van der Waals surface area contributed by atoms with Crippen LogP contribution in [0.3, 0.4) is 0 Å². The van der Waals surface area contributed by atoms with E-state index in [4.69, 9.17) is 5.73 Å². The molecule has 0 spiro atoms. The molecule has 4 rings (SSSR count). The summed E-state index contributed by atoms with van der Waals surface area (Å²) in [4.78, 5) is 15.9. The summed E-state index contributed by atoms with van der Waals surface area (Å²) in [5.74, 6) is -0.394. The second-order valence-corrected chi connectivity index (χ2v) is 6.81. The van der Waals surface area contributed by atoms with E-state index in [2.05, 4.69) is 32.4 Å². The highest BCUT2D eigenvalue weighted by molar-refractivity contribution is 6.09. The Morgan fingerprint density at radius 2 is 2.07 bits per heavy atom. The first-order valence-electron chi connectivity index (χ1n) is 9.42. The molecule has 30 heavy (non-hydrogen) atoms. The van der Waals surface area contributed by atoms with E-state index in [1.807, 2.05) is 42.6 Å². The Bertz CT molecular complexity index is 1310. The maximum atomic E-state index is 12.6. The van der Waals surface area contributed by atoms with Crippen molar-refractivity contribution in [3.8, 4) is 11.1 Å². The first-order chi connectivity index (χ1) is 14.6. The van der Waals surface area contributed by atoms with Gasteiger partial charge in [-0.15, -0.1) is 0 Å². The van der Waals surface area contributed by atoms with Crippen LogP contribution in [0.1, 0.15) is 0 Å². The van der Waals surface area contributed by atoms with Crippen LogP contribution in [0.2, 0.25) is 0 Å². The Morgan fingerprint density at radius 3 is 2.90 bits per heavy atom. The van der Waals surface area contributed by atoms with Gasteiger partial charge in [0.05, 0.1) is 23.1 Å². The Kier molecular flexibility index (Phi) is 5.09. The van der Waals surface area contributed by atoms with Crippen molar-refractivity contribution in [2.75, 3.05) is 12.4 Å². The van der Waals surface area contributed by atoms with Crippen LogP contribution in [-0.4, -0.2) is 28.1 Å². The number of allylic oxidation sites excluding steroid dienone is 3. The molecular weight excluding hydrogens is 376 g/mol. The van der Waals surface area contributed by atoms with Crippen LogP contribution in [0.15, 0.2) is 85.0 Å².